The van der Waals surface area contributed by atoms with Gasteiger partial charge < -0.3 is 14.4 Å². The Balaban J connectivity index is 1.69. The highest BCUT2D eigenvalue weighted by molar-refractivity contribution is 8.13. The Morgan fingerprint density at radius 2 is 2.00 bits per heavy atom. The van der Waals surface area contributed by atoms with Gasteiger partial charge in [0.2, 0.25) is 0 Å². The van der Waals surface area contributed by atoms with Gasteiger partial charge in [-0.05, 0) is 29.8 Å². The molecule has 2 aliphatic rings. The van der Waals surface area contributed by atoms with Crippen LogP contribution in [0.4, 0.5) is 10.1 Å². The molecule has 0 amide bonds. The first-order valence-corrected chi connectivity index (χ1v) is 12.4. The van der Waals surface area contributed by atoms with Gasteiger partial charge in [0.25, 0.3) is 0 Å². The largest absolute Gasteiger partial charge is 0.497 e. The lowest BCUT2D eigenvalue weighted by Gasteiger charge is -2.28. The van der Waals surface area contributed by atoms with Crippen LogP contribution in [0.2, 0.25) is 5.02 Å². The fourth-order valence-corrected chi connectivity index (χ4v) is 6.96. The van der Waals surface area contributed by atoms with Crippen LogP contribution < -0.4 is 14.4 Å². The standard InChI is InChI=1S/C20H20ClFN2O4S2/c1-27-14-5-6-19(28-2)17(8-14)24-18-11-30(25,26)10-16(18)23-20(24)29-9-12-3-4-13(22)7-15(12)21/h3-8,16,18H,9-11H2,1-2H3. The van der Waals surface area contributed by atoms with Gasteiger partial charge in [-0.25, -0.2) is 12.8 Å². The third-order valence-corrected chi connectivity index (χ3v) is 8.19. The summed E-state index contributed by atoms with van der Waals surface area (Å²) in [7, 11) is -0.0464. The number of anilines is 1. The second-order valence-electron chi connectivity index (χ2n) is 7.06. The number of hydrogen-bond donors (Lipinski definition) is 0. The van der Waals surface area contributed by atoms with Crippen molar-refractivity contribution in [3.8, 4) is 11.5 Å². The Hall–Kier alpha value is -1.97. The van der Waals surface area contributed by atoms with Gasteiger partial charge in [0, 0.05) is 16.8 Å². The molecule has 1 fully saturated rings. The quantitative estimate of drug-likeness (QED) is 0.662. The van der Waals surface area contributed by atoms with E-state index in [0.717, 1.165) is 5.56 Å². The molecule has 0 radical (unpaired) electrons. The van der Waals surface area contributed by atoms with E-state index in [9.17, 15) is 12.8 Å². The number of rotatable bonds is 5. The fourth-order valence-electron chi connectivity index (χ4n) is 3.68. The number of halogens is 2. The van der Waals surface area contributed by atoms with Crippen molar-refractivity contribution in [2.75, 3.05) is 30.6 Å². The summed E-state index contributed by atoms with van der Waals surface area (Å²) in [5.41, 5.74) is 1.46. The average molecular weight is 471 g/mol. The van der Waals surface area contributed by atoms with Gasteiger partial charge >= 0.3 is 0 Å². The van der Waals surface area contributed by atoms with E-state index in [1.807, 2.05) is 11.0 Å². The second-order valence-corrected chi connectivity index (χ2v) is 10.6. The van der Waals surface area contributed by atoms with Crippen LogP contribution in [-0.2, 0) is 15.6 Å². The Labute approximate surface area is 183 Å². The monoisotopic (exact) mass is 470 g/mol. The normalized spacial score (nSPS) is 22.0. The van der Waals surface area contributed by atoms with Gasteiger partial charge in [0.15, 0.2) is 15.0 Å². The maximum absolute atomic E-state index is 13.3. The van der Waals surface area contributed by atoms with Gasteiger partial charge in [0.1, 0.15) is 17.3 Å². The molecule has 0 saturated carbocycles. The molecular weight excluding hydrogens is 451 g/mol. The third kappa shape index (κ3) is 4.10. The number of hydrogen-bond acceptors (Lipinski definition) is 7. The molecule has 2 unspecified atom stereocenters. The summed E-state index contributed by atoms with van der Waals surface area (Å²) in [4.78, 5) is 6.62. The maximum atomic E-state index is 13.3. The van der Waals surface area contributed by atoms with Crippen LogP contribution in [0.5, 0.6) is 11.5 Å². The minimum absolute atomic E-state index is 0.0157. The highest BCUT2D eigenvalue weighted by Crippen LogP contribution is 2.41. The predicted octanol–water partition coefficient (Wildman–Crippen LogP) is 3.77. The zero-order valence-electron chi connectivity index (χ0n) is 16.3. The van der Waals surface area contributed by atoms with Crippen molar-refractivity contribution in [2.45, 2.75) is 17.8 Å². The topological polar surface area (TPSA) is 68.2 Å². The van der Waals surface area contributed by atoms with E-state index >= 15 is 0 Å². The van der Waals surface area contributed by atoms with Crippen LogP contribution >= 0.6 is 23.4 Å². The van der Waals surface area contributed by atoms with E-state index < -0.39 is 15.7 Å². The summed E-state index contributed by atoms with van der Waals surface area (Å²) in [6.45, 7) is 0. The van der Waals surface area contributed by atoms with Crippen LogP contribution in [0, 0.1) is 5.82 Å². The number of benzene rings is 2. The van der Waals surface area contributed by atoms with E-state index in [0.29, 0.717) is 33.1 Å². The zero-order chi connectivity index (χ0) is 21.5. The summed E-state index contributed by atoms with van der Waals surface area (Å²) >= 11 is 7.59. The maximum Gasteiger partial charge on any atom is 0.164 e. The number of nitrogens with zero attached hydrogens (tertiary/aromatic N) is 2. The lowest BCUT2D eigenvalue weighted by Crippen LogP contribution is -2.39. The smallest absolute Gasteiger partial charge is 0.164 e. The lowest BCUT2D eigenvalue weighted by atomic mass is 10.1. The molecule has 0 aromatic heterocycles. The van der Waals surface area contributed by atoms with Crippen molar-refractivity contribution in [2.24, 2.45) is 4.99 Å². The van der Waals surface area contributed by atoms with Gasteiger partial charge in [0.05, 0.1) is 43.5 Å². The number of amidine groups is 1. The van der Waals surface area contributed by atoms with Crippen molar-refractivity contribution >= 4 is 44.1 Å². The third-order valence-electron chi connectivity index (χ3n) is 5.12. The Morgan fingerprint density at radius 3 is 2.70 bits per heavy atom. The molecule has 1 saturated heterocycles. The lowest BCUT2D eigenvalue weighted by molar-refractivity contribution is 0.403. The Morgan fingerprint density at radius 1 is 1.20 bits per heavy atom. The Bertz CT molecular complexity index is 1110. The number of ether oxygens (including phenoxy) is 2. The minimum Gasteiger partial charge on any atom is -0.497 e. The molecule has 160 valence electrons. The fraction of sp³-hybridized carbons (Fsp3) is 0.350. The zero-order valence-corrected chi connectivity index (χ0v) is 18.7. The van der Waals surface area contributed by atoms with Gasteiger partial charge in [-0.2, -0.15) is 0 Å². The van der Waals surface area contributed by atoms with Gasteiger partial charge in [-0.3, -0.25) is 4.99 Å². The van der Waals surface area contributed by atoms with Crippen LogP contribution in [0.3, 0.4) is 0 Å². The van der Waals surface area contributed by atoms with Crippen LogP contribution in [-0.4, -0.2) is 51.4 Å². The first kappa shape index (κ1) is 21.3. The van der Waals surface area contributed by atoms with Crippen molar-refractivity contribution in [1.82, 2.24) is 0 Å². The SMILES string of the molecule is COc1ccc(OC)c(N2C(SCc3ccc(F)cc3Cl)=NC3CS(=O)(=O)CC32)c1. The highest BCUT2D eigenvalue weighted by Gasteiger charge is 2.47. The van der Waals surface area contributed by atoms with Crippen LogP contribution in [0.15, 0.2) is 41.4 Å². The van der Waals surface area contributed by atoms with E-state index in [1.165, 1.54) is 23.9 Å². The first-order valence-electron chi connectivity index (χ1n) is 9.17. The molecule has 10 heteroatoms. The first-order chi connectivity index (χ1) is 14.3. The molecular formula is C20H20ClFN2O4S2. The summed E-state index contributed by atoms with van der Waals surface area (Å²) in [6, 6.07) is 8.99. The average Bonchev–Trinajstić information content (AvgIpc) is 3.17. The number of thioether (sulfide) groups is 1. The molecule has 0 spiro atoms. The number of methoxy groups -OCH3 is 2. The Kier molecular flexibility index (Phi) is 5.87. The van der Waals surface area contributed by atoms with Crippen LogP contribution in [0.1, 0.15) is 5.56 Å². The second kappa shape index (κ2) is 8.28. The molecule has 0 N–H and O–H groups in total. The van der Waals surface area contributed by atoms with Crippen molar-refractivity contribution in [3.05, 3.63) is 52.8 Å². The van der Waals surface area contributed by atoms with E-state index in [1.54, 1.807) is 32.4 Å². The number of aliphatic imine (C=N–C) groups is 1. The molecule has 0 aliphatic carbocycles. The number of sulfone groups is 1. The van der Waals surface area contributed by atoms with Crippen molar-refractivity contribution < 1.29 is 22.3 Å². The minimum atomic E-state index is -3.18. The molecule has 2 heterocycles. The van der Waals surface area contributed by atoms with Crippen LogP contribution in [0.25, 0.3) is 0 Å². The molecule has 6 nitrogen and oxygen atoms in total. The van der Waals surface area contributed by atoms with E-state index in [2.05, 4.69) is 0 Å². The molecule has 30 heavy (non-hydrogen) atoms. The highest BCUT2D eigenvalue weighted by atomic mass is 35.5. The molecule has 2 aromatic rings. The molecule has 2 atom stereocenters. The van der Waals surface area contributed by atoms with E-state index in [4.69, 9.17) is 26.1 Å². The summed E-state index contributed by atoms with van der Waals surface area (Å²) in [6.07, 6.45) is 0. The van der Waals surface area contributed by atoms with Crippen molar-refractivity contribution in [3.63, 3.8) is 0 Å². The van der Waals surface area contributed by atoms with Crippen molar-refractivity contribution in [1.29, 1.82) is 0 Å². The predicted molar refractivity (Wildman–Crippen MR) is 118 cm³/mol. The molecule has 2 aromatic carbocycles. The summed E-state index contributed by atoms with van der Waals surface area (Å²) in [5.74, 6) is 1.32. The summed E-state index contributed by atoms with van der Waals surface area (Å²) in [5, 5.41) is 1.02. The summed E-state index contributed by atoms with van der Waals surface area (Å²) < 4.78 is 48.7. The van der Waals surface area contributed by atoms with Gasteiger partial charge in [-0.15, -0.1) is 0 Å². The number of fused-ring (bicyclic) bond motifs is 1. The van der Waals surface area contributed by atoms with E-state index in [-0.39, 0.29) is 23.6 Å². The van der Waals surface area contributed by atoms with Gasteiger partial charge in [-0.1, -0.05) is 29.4 Å². The molecule has 4 rings (SSSR count). The molecule has 0 bridgehead atoms. The molecule has 2 aliphatic heterocycles.